The molecule has 0 unspecified atom stereocenters. The first-order chi connectivity index (χ1) is 16.1. The molecular weight excluding hydrogens is 416 g/mol. The Kier molecular flexibility index (Phi) is 6.83. The first-order valence-corrected chi connectivity index (χ1v) is 11.5. The van der Waals surface area contributed by atoms with Gasteiger partial charge in [0.1, 0.15) is 5.78 Å². The van der Waals surface area contributed by atoms with Crippen molar-refractivity contribution in [2.75, 3.05) is 13.2 Å². The quantitative estimate of drug-likeness (QED) is 0.684. The fraction of sp³-hybridized carbons (Fsp3) is 0.500. The zero-order valence-corrected chi connectivity index (χ0v) is 18.7. The second-order valence-corrected chi connectivity index (χ2v) is 9.02. The van der Waals surface area contributed by atoms with Gasteiger partial charge in [0, 0.05) is 50.5 Å². The number of Topliss-reactive ketones (excluding diaryl/α,β-unsaturated/α-hetero) is 1. The Labute approximate surface area is 194 Å². The normalized spacial score (nSPS) is 22.4. The Bertz CT molecular complexity index is 1020. The van der Waals surface area contributed by atoms with Gasteiger partial charge in [-0.25, -0.2) is 0 Å². The Morgan fingerprint density at radius 1 is 0.758 bits per heavy atom. The molecule has 1 spiro atoms. The van der Waals surface area contributed by atoms with Crippen molar-refractivity contribution in [1.29, 1.82) is 10.5 Å². The Hall–Kier alpha value is -3.13. The molecule has 33 heavy (non-hydrogen) atoms. The molecule has 7 nitrogen and oxygen atoms in total. The monoisotopic (exact) mass is 444 g/mol. The molecule has 170 valence electrons. The molecule has 3 fully saturated rings. The van der Waals surface area contributed by atoms with Gasteiger partial charge in [-0.1, -0.05) is 12.1 Å². The van der Waals surface area contributed by atoms with Crippen molar-refractivity contribution in [3.8, 4) is 12.1 Å². The summed E-state index contributed by atoms with van der Waals surface area (Å²) in [6.07, 6.45) is 12.4. The number of nitrogens with zero attached hydrogens (tertiary/aromatic N) is 4. The maximum Gasteiger partial charge on any atom is 0.168 e. The molecule has 0 bridgehead atoms. The summed E-state index contributed by atoms with van der Waals surface area (Å²) in [6.45, 7) is 1.35. The average Bonchev–Trinajstić information content (AvgIpc) is 3.35. The number of nitriles is 2. The molecule has 0 atom stereocenters. The first-order valence-electron chi connectivity index (χ1n) is 11.5. The highest BCUT2D eigenvalue weighted by atomic mass is 16.7. The summed E-state index contributed by atoms with van der Waals surface area (Å²) in [5.41, 5.74) is 1.05. The number of aromatic nitrogens is 2. The molecule has 1 saturated heterocycles. The van der Waals surface area contributed by atoms with Gasteiger partial charge in [-0.15, -0.1) is 0 Å². The molecule has 3 aliphatic rings. The second kappa shape index (κ2) is 9.79. The Morgan fingerprint density at radius 2 is 1.24 bits per heavy atom. The smallest absolute Gasteiger partial charge is 0.168 e. The van der Waals surface area contributed by atoms with Gasteiger partial charge < -0.3 is 9.47 Å². The number of carbonyl (C=O) groups excluding carboxylic acids is 1. The topological polar surface area (TPSA) is 109 Å². The lowest BCUT2D eigenvalue weighted by Gasteiger charge is -2.39. The van der Waals surface area contributed by atoms with Gasteiger partial charge >= 0.3 is 0 Å². The number of hydrogen-bond acceptors (Lipinski definition) is 7. The van der Waals surface area contributed by atoms with Gasteiger partial charge in [0.2, 0.25) is 0 Å². The Morgan fingerprint density at radius 3 is 1.67 bits per heavy atom. The maximum absolute atomic E-state index is 11.2. The second-order valence-electron chi connectivity index (χ2n) is 9.02. The number of pyridine rings is 2. The number of hydrogen-bond donors (Lipinski definition) is 0. The van der Waals surface area contributed by atoms with Gasteiger partial charge in [-0.3, -0.25) is 14.8 Å². The minimum Gasteiger partial charge on any atom is -0.348 e. The van der Waals surface area contributed by atoms with E-state index in [1.807, 2.05) is 24.3 Å². The lowest BCUT2D eigenvalue weighted by atomic mass is 9.69. The van der Waals surface area contributed by atoms with Crippen molar-refractivity contribution in [1.82, 2.24) is 9.97 Å². The molecule has 0 N–H and O–H groups in total. The highest BCUT2D eigenvalue weighted by molar-refractivity contribution is 5.80. The van der Waals surface area contributed by atoms with Crippen molar-refractivity contribution < 1.29 is 14.3 Å². The third-order valence-corrected chi connectivity index (χ3v) is 7.20. The molecule has 2 aromatic rings. The molecule has 3 heterocycles. The number of ether oxygens (including phenoxy) is 2. The van der Waals surface area contributed by atoms with Gasteiger partial charge in [-0.2, -0.15) is 10.5 Å². The fourth-order valence-electron chi connectivity index (χ4n) is 5.02. The lowest BCUT2D eigenvalue weighted by Crippen LogP contribution is -2.41. The van der Waals surface area contributed by atoms with Crippen LogP contribution in [0.1, 0.15) is 62.5 Å². The zero-order valence-electron chi connectivity index (χ0n) is 18.7. The maximum atomic E-state index is 11.2. The molecule has 2 aromatic heterocycles. The summed E-state index contributed by atoms with van der Waals surface area (Å²) in [7, 11) is 0. The van der Waals surface area contributed by atoms with Gasteiger partial charge in [0.15, 0.2) is 5.79 Å². The van der Waals surface area contributed by atoms with E-state index in [4.69, 9.17) is 9.47 Å². The van der Waals surface area contributed by atoms with E-state index < -0.39 is 16.6 Å². The summed E-state index contributed by atoms with van der Waals surface area (Å²) in [4.78, 5) is 19.3. The predicted molar refractivity (Wildman–Crippen MR) is 120 cm³/mol. The molecule has 5 rings (SSSR count). The van der Waals surface area contributed by atoms with Crippen LogP contribution >= 0.6 is 0 Å². The summed E-state index contributed by atoms with van der Waals surface area (Å²) >= 11 is 0. The van der Waals surface area contributed by atoms with Crippen molar-refractivity contribution in [2.24, 2.45) is 0 Å². The van der Waals surface area contributed by atoms with Crippen LogP contribution in [0.2, 0.25) is 0 Å². The number of carbonyl (C=O) groups is 1. The highest BCUT2D eigenvalue weighted by Gasteiger charge is 2.47. The minimum absolute atomic E-state index is 0.268. The van der Waals surface area contributed by atoms with Crippen LogP contribution < -0.4 is 0 Å². The van der Waals surface area contributed by atoms with E-state index in [1.165, 1.54) is 0 Å². The summed E-state index contributed by atoms with van der Waals surface area (Å²) < 4.78 is 11.4. The third-order valence-electron chi connectivity index (χ3n) is 7.20. The molecule has 7 heteroatoms. The zero-order chi connectivity index (χ0) is 23.2. The summed E-state index contributed by atoms with van der Waals surface area (Å²) in [5, 5.41) is 18.9. The highest BCUT2D eigenvalue weighted by Crippen LogP contribution is 2.45. The van der Waals surface area contributed by atoms with Crippen molar-refractivity contribution in [3.05, 3.63) is 60.2 Å². The molecule has 2 saturated carbocycles. The number of rotatable bonds is 2. The minimum atomic E-state index is -0.484. The molecule has 0 amide bonds. The van der Waals surface area contributed by atoms with Gasteiger partial charge in [0.25, 0.3) is 0 Å². The van der Waals surface area contributed by atoms with Crippen molar-refractivity contribution >= 4 is 5.78 Å². The van der Waals surface area contributed by atoms with E-state index in [2.05, 4.69) is 22.1 Å². The standard InChI is InChI=1S/C14H16N2O2.C12H12N2O/c15-11-13(12-2-1-7-16-10-12)3-5-14(6-4-13)17-8-9-18-14;13-9-12(5-3-11(15)4-6-12)10-2-1-7-14-8-10/h1-2,7,10H,3-6,8-9H2;1-2,7-8H,3-6H2. The first kappa shape index (κ1) is 23.0. The van der Waals surface area contributed by atoms with E-state index in [9.17, 15) is 15.3 Å². The third kappa shape index (κ3) is 4.80. The van der Waals surface area contributed by atoms with Crippen LogP contribution in [0.15, 0.2) is 49.1 Å². The lowest BCUT2D eigenvalue weighted by molar-refractivity contribution is -0.182. The van der Waals surface area contributed by atoms with Crippen LogP contribution in [0.3, 0.4) is 0 Å². The van der Waals surface area contributed by atoms with E-state index >= 15 is 0 Å². The molecule has 0 radical (unpaired) electrons. The van der Waals surface area contributed by atoms with Crippen LogP contribution in [-0.2, 0) is 25.1 Å². The largest absolute Gasteiger partial charge is 0.348 e. The van der Waals surface area contributed by atoms with Crippen LogP contribution in [0.4, 0.5) is 0 Å². The molecule has 1 aliphatic heterocycles. The van der Waals surface area contributed by atoms with E-state index in [0.717, 1.165) is 36.8 Å². The van der Waals surface area contributed by atoms with E-state index in [1.54, 1.807) is 24.8 Å². The van der Waals surface area contributed by atoms with Crippen molar-refractivity contribution in [3.63, 3.8) is 0 Å². The summed E-state index contributed by atoms with van der Waals surface area (Å²) in [5.74, 6) is -0.146. The Balaban J connectivity index is 0.000000160. The van der Waals surface area contributed by atoms with Crippen LogP contribution in [0.5, 0.6) is 0 Å². The average molecular weight is 445 g/mol. The van der Waals surface area contributed by atoms with E-state index in [-0.39, 0.29) is 5.78 Å². The summed E-state index contributed by atoms with van der Waals surface area (Å²) in [6, 6.07) is 12.5. The van der Waals surface area contributed by atoms with Gasteiger partial charge in [-0.05, 0) is 48.9 Å². The van der Waals surface area contributed by atoms with E-state index in [0.29, 0.717) is 38.9 Å². The van der Waals surface area contributed by atoms with Crippen LogP contribution in [0.25, 0.3) is 0 Å². The fourth-order valence-corrected chi connectivity index (χ4v) is 5.02. The predicted octanol–water partition coefficient (Wildman–Crippen LogP) is 4.15. The van der Waals surface area contributed by atoms with Gasteiger partial charge in [0.05, 0.1) is 36.2 Å². The van der Waals surface area contributed by atoms with Crippen molar-refractivity contribution in [2.45, 2.75) is 68.0 Å². The molecule has 0 aromatic carbocycles. The van der Waals surface area contributed by atoms with Crippen LogP contribution in [-0.4, -0.2) is 34.8 Å². The molecule has 2 aliphatic carbocycles. The SMILES string of the molecule is N#CC1(c2cccnc2)CCC(=O)CC1.N#CC1(c2cccnc2)CCC2(CC1)OCCO2. The molecular formula is C26H28N4O3. The van der Waals surface area contributed by atoms with Crippen LogP contribution in [0, 0.1) is 22.7 Å². The number of ketones is 1.